The van der Waals surface area contributed by atoms with Gasteiger partial charge in [0.15, 0.2) is 0 Å². The maximum Gasteiger partial charge on any atom is 0.277 e. The Morgan fingerprint density at radius 1 is 1.39 bits per heavy atom. The van der Waals surface area contributed by atoms with Gasteiger partial charge in [0.1, 0.15) is 0 Å². The molecule has 0 aliphatic carbocycles. The van der Waals surface area contributed by atoms with Gasteiger partial charge in [-0.05, 0) is 0 Å². The summed E-state index contributed by atoms with van der Waals surface area (Å²) in [5.41, 5.74) is 6.55. The van der Waals surface area contributed by atoms with Crippen molar-refractivity contribution < 1.29 is 4.42 Å². The minimum Gasteiger partial charge on any atom is -0.415 e. The number of nitrogens with zero attached hydrogens (tertiary/aromatic N) is 3. The molecule has 2 N–H and O–H groups in total. The fourth-order valence-corrected chi connectivity index (χ4v) is 2.92. The van der Waals surface area contributed by atoms with Crippen LogP contribution < -0.4 is 5.73 Å². The lowest BCUT2D eigenvalue weighted by atomic mass is 9.98. The van der Waals surface area contributed by atoms with Crippen LogP contribution in [0.15, 0.2) is 15.0 Å². The Labute approximate surface area is 114 Å². The maximum atomic E-state index is 5.41. The highest BCUT2D eigenvalue weighted by molar-refractivity contribution is 7.98. The van der Waals surface area contributed by atoms with Gasteiger partial charge in [-0.15, -0.1) is 21.5 Å². The number of rotatable bonds is 4. The first-order chi connectivity index (χ1) is 8.49. The summed E-state index contributed by atoms with van der Waals surface area (Å²) in [7, 11) is 0. The maximum absolute atomic E-state index is 5.41. The predicted octanol–water partition coefficient (Wildman–Crippen LogP) is 2.57. The zero-order valence-corrected chi connectivity index (χ0v) is 12.3. The topological polar surface area (TPSA) is 77.8 Å². The van der Waals surface area contributed by atoms with Crippen LogP contribution >= 0.6 is 23.1 Å². The zero-order valence-electron chi connectivity index (χ0n) is 10.6. The van der Waals surface area contributed by atoms with Crippen molar-refractivity contribution in [1.82, 2.24) is 15.2 Å². The Morgan fingerprint density at radius 3 is 2.72 bits per heavy atom. The van der Waals surface area contributed by atoms with Crippen molar-refractivity contribution in [1.29, 1.82) is 0 Å². The second-order valence-corrected chi connectivity index (χ2v) is 6.63. The molecule has 18 heavy (non-hydrogen) atoms. The van der Waals surface area contributed by atoms with E-state index in [0.717, 1.165) is 16.5 Å². The fraction of sp³-hybridized carbons (Fsp3) is 0.545. The molecule has 0 radical (unpaired) electrons. The second kappa shape index (κ2) is 5.38. The third-order valence-electron chi connectivity index (χ3n) is 2.16. The van der Waals surface area contributed by atoms with Crippen molar-refractivity contribution >= 4 is 23.1 Å². The summed E-state index contributed by atoms with van der Waals surface area (Å²) < 4.78 is 5.32. The van der Waals surface area contributed by atoms with Crippen molar-refractivity contribution in [2.75, 3.05) is 0 Å². The Balaban J connectivity index is 1.96. The van der Waals surface area contributed by atoms with Crippen molar-refractivity contribution in [3.05, 3.63) is 22.0 Å². The van der Waals surface area contributed by atoms with Gasteiger partial charge in [-0.1, -0.05) is 32.5 Å². The van der Waals surface area contributed by atoms with Crippen molar-refractivity contribution in [3.8, 4) is 0 Å². The molecule has 0 unspecified atom stereocenters. The van der Waals surface area contributed by atoms with Gasteiger partial charge in [-0.2, -0.15) is 0 Å². The molecule has 2 heterocycles. The van der Waals surface area contributed by atoms with Crippen molar-refractivity contribution in [3.63, 3.8) is 0 Å². The Morgan fingerprint density at radius 2 is 2.17 bits per heavy atom. The molecular formula is C11H16N4OS2. The van der Waals surface area contributed by atoms with Gasteiger partial charge in [0.05, 0.1) is 17.2 Å². The lowest BCUT2D eigenvalue weighted by molar-refractivity contribution is 0.414. The van der Waals surface area contributed by atoms with E-state index < -0.39 is 0 Å². The largest absolute Gasteiger partial charge is 0.415 e. The molecule has 7 heteroatoms. The van der Waals surface area contributed by atoms with Gasteiger partial charge in [0.2, 0.25) is 5.89 Å². The first-order valence-electron chi connectivity index (χ1n) is 5.59. The van der Waals surface area contributed by atoms with Crippen LogP contribution in [0.3, 0.4) is 0 Å². The third kappa shape index (κ3) is 3.30. The molecular weight excluding hydrogens is 268 g/mol. The van der Waals surface area contributed by atoms with Gasteiger partial charge in [-0.25, -0.2) is 4.98 Å². The molecule has 0 aromatic carbocycles. The van der Waals surface area contributed by atoms with Crippen LogP contribution in [-0.4, -0.2) is 15.2 Å². The number of nitrogens with two attached hydrogens (primary N) is 1. The number of hydrogen-bond donors (Lipinski definition) is 1. The highest BCUT2D eigenvalue weighted by atomic mass is 32.2. The van der Waals surface area contributed by atoms with Gasteiger partial charge in [-0.3, -0.25) is 0 Å². The summed E-state index contributed by atoms with van der Waals surface area (Å²) in [5, 5.41) is 11.5. The quantitative estimate of drug-likeness (QED) is 0.869. The summed E-state index contributed by atoms with van der Waals surface area (Å²) in [6, 6.07) is 0. The molecule has 98 valence electrons. The van der Waals surface area contributed by atoms with Crippen LogP contribution in [0.2, 0.25) is 0 Å². The van der Waals surface area contributed by atoms with E-state index in [4.69, 9.17) is 10.2 Å². The summed E-state index contributed by atoms with van der Waals surface area (Å²) in [4.78, 5) is 4.61. The summed E-state index contributed by atoms with van der Waals surface area (Å²) >= 11 is 3.17. The average Bonchev–Trinajstić information content (AvgIpc) is 2.94. The third-order valence-corrected chi connectivity index (χ3v) is 4.33. The Hall–Kier alpha value is -0.920. The van der Waals surface area contributed by atoms with Gasteiger partial charge >= 0.3 is 0 Å². The first kappa shape index (κ1) is 13.5. The summed E-state index contributed by atoms with van der Waals surface area (Å²) in [5.74, 6) is 1.20. The van der Waals surface area contributed by atoms with E-state index >= 15 is 0 Å². The van der Waals surface area contributed by atoms with Crippen molar-refractivity contribution in [2.24, 2.45) is 5.73 Å². The smallest absolute Gasteiger partial charge is 0.277 e. The monoisotopic (exact) mass is 284 g/mol. The van der Waals surface area contributed by atoms with E-state index in [1.165, 1.54) is 11.8 Å². The van der Waals surface area contributed by atoms with Gasteiger partial charge < -0.3 is 10.2 Å². The lowest BCUT2D eigenvalue weighted by Gasteiger charge is -2.13. The molecule has 0 fully saturated rings. The minimum absolute atomic E-state index is 0.102. The average molecular weight is 284 g/mol. The molecule has 0 bridgehead atoms. The molecule has 0 spiro atoms. The van der Waals surface area contributed by atoms with E-state index in [2.05, 4.69) is 41.3 Å². The molecule has 2 aromatic heterocycles. The number of thiazole rings is 1. The fourth-order valence-electron chi connectivity index (χ4n) is 1.23. The molecule has 0 aliphatic rings. The second-order valence-electron chi connectivity index (χ2n) is 4.85. The summed E-state index contributed by atoms with van der Waals surface area (Å²) in [6.07, 6.45) is 0. The van der Waals surface area contributed by atoms with E-state index in [0.29, 0.717) is 11.1 Å². The standard InChI is InChI=1S/C11H16N4OS2/c1-11(2,3)9-13-7(5-17-9)6-18-10-15-14-8(4-12)16-10/h5H,4,6,12H2,1-3H3. The molecule has 0 amide bonds. The first-order valence-corrected chi connectivity index (χ1v) is 7.45. The van der Waals surface area contributed by atoms with E-state index in [1.54, 1.807) is 11.3 Å². The van der Waals surface area contributed by atoms with Crippen LogP contribution in [-0.2, 0) is 17.7 Å². The number of thioether (sulfide) groups is 1. The van der Waals surface area contributed by atoms with Crippen LogP contribution in [0, 0.1) is 0 Å². The summed E-state index contributed by atoms with van der Waals surface area (Å²) in [6.45, 7) is 6.76. The van der Waals surface area contributed by atoms with Crippen LogP contribution in [0.4, 0.5) is 0 Å². The lowest BCUT2D eigenvalue weighted by Crippen LogP contribution is -2.10. The molecule has 2 aromatic rings. The van der Waals surface area contributed by atoms with Gasteiger partial charge in [0.25, 0.3) is 5.22 Å². The molecule has 0 atom stereocenters. The normalized spacial score (nSPS) is 12.0. The Bertz CT molecular complexity index is 515. The van der Waals surface area contributed by atoms with Crippen molar-refractivity contribution in [2.45, 2.75) is 43.7 Å². The van der Waals surface area contributed by atoms with E-state index in [1.807, 2.05) is 0 Å². The molecule has 0 saturated heterocycles. The predicted molar refractivity (Wildman–Crippen MR) is 72.6 cm³/mol. The Kier molecular flexibility index (Phi) is 4.04. The highest BCUT2D eigenvalue weighted by Crippen LogP contribution is 2.28. The van der Waals surface area contributed by atoms with Crippen LogP contribution in [0.1, 0.15) is 37.4 Å². The van der Waals surface area contributed by atoms with E-state index in [9.17, 15) is 0 Å². The molecule has 5 nitrogen and oxygen atoms in total. The van der Waals surface area contributed by atoms with E-state index in [-0.39, 0.29) is 12.0 Å². The minimum atomic E-state index is 0.102. The molecule has 0 aliphatic heterocycles. The van der Waals surface area contributed by atoms with Crippen LogP contribution in [0.25, 0.3) is 0 Å². The van der Waals surface area contributed by atoms with Gasteiger partial charge in [0, 0.05) is 16.5 Å². The van der Waals surface area contributed by atoms with Crippen LogP contribution in [0.5, 0.6) is 0 Å². The number of hydrogen-bond acceptors (Lipinski definition) is 7. The number of aromatic nitrogens is 3. The zero-order chi connectivity index (χ0) is 13.2. The molecule has 2 rings (SSSR count). The molecule has 0 saturated carbocycles. The highest BCUT2D eigenvalue weighted by Gasteiger charge is 2.18. The SMILES string of the molecule is CC(C)(C)c1nc(CSc2nnc(CN)o2)cs1.